The van der Waals surface area contributed by atoms with Crippen molar-refractivity contribution in [1.82, 2.24) is 10.6 Å². The van der Waals surface area contributed by atoms with E-state index in [4.69, 9.17) is 0 Å². The number of nitrogens with zero attached hydrogens (tertiary/aromatic N) is 1. The van der Waals surface area contributed by atoms with E-state index in [0.717, 1.165) is 37.5 Å². The first-order chi connectivity index (χ1) is 12.0. The van der Waals surface area contributed by atoms with E-state index in [0.29, 0.717) is 18.9 Å². The van der Waals surface area contributed by atoms with Gasteiger partial charge in [-0.2, -0.15) is 0 Å². The number of hydrogen-bond acceptors (Lipinski definition) is 3. The van der Waals surface area contributed by atoms with Crippen LogP contribution in [0.1, 0.15) is 45.6 Å². The van der Waals surface area contributed by atoms with Gasteiger partial charge in [-0.15, -0.1) is 24.0 Å². The summed E-state index contributed by atoms with van der Waals surface area (Å²) in [6, 6.07) is 9.33. The second-order valence-corrected chi connectivity index (χ2v) is 8.44. The van der Waals surface area contributed by atoms with Crippen molar-refractivity contribution in [3.63, 3.8) is 0 Å². The number of aliphatic imine (C=N–C) groups is 1. The first-order valence-corrected chi connectivity index (χ1v) is 11.1. The number of benzene rings is 1. The van der Waals surface area contributed by atoms with Crippen LogP contribution >= 0.6 is 24.0 Å². The van der Waals surface area contributed by atoms with Crippen molar-refractivity contribution in [2.75, 3.05) is 25.4 Å². The van der Waals surface area contributed by atoms with Gasteiger partial charge in [0.05, 0.1) is 11.5 Å². The third kappa shape index (κ3) is 11.0. The molecular formula is C19H34IN3O2S. The van der Waals surface area contributed by atoms with Gasteiger partial charge in [-0.3, -0.25) is 4.99 Å². The summed E-state index contributed by atoms with van der Waals surface area (Å²) in [5.41, 5.74) is 0.843. The maximum absolute atomic E-state index is 12.2. The number of hydrogen-bond donors (Lipinski definition) is 2. The van der Waals surface area contributed by atoms with E-state index in [1.807, 2.05) is 37.3 Å². The molecule has 0 saturated heterocycles. The molecule has 150 valence electrons. The molecule has 0 aliphatic heterocycles. The fourth-order valence-corrected chi connectivity index (χ4v) is 3.94. The summed E-state index contributed by atoms with van der Waals surface area (Å²) in [5, 5.41) is 6.45. The minimum absolute atomic E-state index is 0. The molecule has 0 spiro atoms. The van der Waals surface area contributed by atoms with Crippen molar-refractivity contribution in [3.05, 3.63) is 35.9 Å². The predicted octanol–water partition coefficient (Wildman–Crippen LogP) is 3.60. The maximum Gasteiger partial charge on any atom is 0.191 e. The van der Waals surface area contributed by atoms with Gasteiger partial charge in [-0.25, -0.2) is 8.42 Å². The summed E-state index contributed by atoms with van der Waals surface area (Å²) in [7, 11) is -3.08. The van der Waals surface area contributed by atoms with Gasteiger partial charge in [0.15, 0.2) is 15.8 Å². The molecule has 1 rings (SSSR count). The molecule has 0 aromatic heterocycles. The third-order valence-corrected chi connectivity index (χ3v) is 5.84. The van der Waals surface area contributed by atoms with Gasteiger partial charge >= 0.3 is 0 Å². The Kier molecular flexibility index (Phi) is 13.8. The molecule has 0 amide bonds. The minimum atomic E-state index is -3.08. The maximum atomic E-state index is 12.2. The van der Waals surface area contributed by atoms with Crippen molar-refractivity contribution >= 4 is 39.8 Å². The van der Waals surface area contributed by atoms with Crippen molar-refractivity contribution < 1.29 is 8.42 Å². The molecule has 1 aromatic rings. The SMILES string of the molecule is CCNC(=NCC(CC)CC)NCCCS(=O)(=O)Cc1ccccc1.I. The quantitative estimate of drug-likeness (QED) is 0.213. The molecule has 1 aromatic carbocycles. The van der Waals surface area contributed by atoms with Crippen LogP contribution in [0.4, 0.5) is 0 Å². The zero-order valence-corrected chi connectivity index (χ0v) is 19.3. The van der Waals surface area contributed by atoms with E-state index < -0.39 is 9.84 Å². The minimum Gasteiger partial charge on any atom is -0.357 e. The molecular weight excluding hydrogens is 461 g/mol. The van der Waals surface area contributed by atoms with Crippen LogP contribution in [0, 0.1) is 5.92 Å². The van der Waals surface area contributed by atoms with Crippen LogP contribution in [-0.2, 0) is 15.6 Å². The lowest BCUT2D eigenvalue weighted by atomic mass is 10.0. The van der Waals surface area contributed by atoms with Gasteiger partial charge in [-0.05, 0) is 24.8 Å². The number of guanidine groups is 1. The second-order valence-electron chi connectivity index (χ2n) is 6.26. The van der Waals surface area contributed by atoms with Crippen LogP contribution in [0.25, 0.3) is 0 Å². The molecule has 0 aliphatic carbocycles. The smallest absolute Gasteiger partial charge is 0.191 e. The number of nitrogens with one attached hydrogen (secondary N) is 2. The van der Waals surface area contributed by atoms with Gasteiger partial charge in [0.2, 0.25) is 0 Å². The van der Waals surface area contributed by atoms with Crippen LogP contribution in [-0.4, -0.2) is 39.8 Å². The van der Waals surface area contributed by atoms with Crippen molar-refractivity contribution in [1.29, 1.82) is 0 Å². The zero-order valence-electron chi connectivity index (χ0n) is 16.2. The van der Waals surface area contributed by atoms with Crippen molar-refractivity contribution in [3.8, 4) is 0 Å². The molecule has 5 nitrogen and oxygen atoms in total. The Morgan fingerprint density at radius 1 is 1.08 bits per heavy atom. The van der Waals surface area contributed by atoms with Crippen molar-refractivity contribution in [2.24, 2.45) is 10.9 Å². The van der Waals surface area contributed by atoms with Gasteiger partial charge in [0.1, 0.15) is 0 Å². The molecule has 2 N–H and O–H groups in total. The van der Waals surface area contributed by atoms with E-state index in [1.165, 1.54) is 0 Å². The Morgan fingerprint density at radius 2 is 1.73 bits per heavy atom. The molecule has 0 aliphatic rings. The average molecular weight is 495 g/mol. The van der Waals surface area contributed by atoms with E-state index in [9.17, 15) is 8.42 Å². The highest BCUT2D eigenvalue weighted by Crippen LogP contribution is 2.08. The third-order valence-electron chi connectivity index (χ3n) is 4.16. The largest absolute Gasteiger partial charge is 0.357 e. The highest BCUT2D eigenvalue weighted by Gasteiger charge is 2.11. The molecule has 0 radical (unpaired) electrons. The Hall–Kier alpha value is -0.830. The van der Waals surface area contributed by atoms with Gasteiger partial charge < -0.3 is 10.6 Å². The van der Waals surface area contributed by atoms with E-state index in [-0.39, 0.29) is 35.5 Å². The Bertz CT molecular complexity index is 602. The highest BCUT2D eigenvalue weighted by molar-refractivity contribution is 14.0. The van der Waals surface area contributed by atoms with Crippen LogP contribution in [0.5, 0.6) is 0 Å². The highest BCUT2D eigenvalue weighted by atomic mass is 127. The first-order valence-electron chi connectivity index (χ1n) is 9.27. The van der Waals surface area contributed by atoms with Gasteiger partial charge in [0.25, 0.3) is 0 Å². The van der Waals surface area contributed by atoms with Gasteiger partial charge in [-0.1, -0.05) is 57.0 Å². The Balaban J connectivity index is 0.00000625. The number of halogens is 1. The van der Waals surface area contributed by atoms with Crippen LogP contribution in [0.3, 0.4) is 0 Å². The Labute approximate surface area is 176 Å². The van der Waals surface area contributed by atoms with Crippen LogP contribution in [0.15, 0.2) is 35.3 Å². The summed E-state index contributed by atoms with van der Waals surface area (Å²) in [6.07, 6.45) is 2.82. The fourth-order valence-electron chi connectivity index (χ4n) is 2.51. The molecule has 7 heteroatoms. The van der Waals surface area contributed by atoms with E-state index in [2.05, 4.69) is 29.5 Å². The fraction of sp³-hybridized carbons (Fsp3) is 0.632. The summed E-state index contributed by atoms with van der Waals surface area (Å²) < 4.78 is 24.4. The van der Waals surface area contributed by atoms with Crippen LogP contribution < -0.4 is 10.6 Å². The zero-order chi connectivity index (χ0) is 18.5. The monoisotopic (exact) mass is 495 g/mol. The lowest BCUT2D eigenvalue weighted by molar-refractivity contribution is 0.504. The standard InChI is InChI=1S/C19H33N3O2S.HI/c1-4-17(5-2)15-22-19(20-6-3)21-13-10-14-25(23,24)16-18-11-8-7-9-12-18;/h7-9,11-12,17H,4-6,10,13-16H2,1-3H3,(H2,20,21,22);1H. The van der Waals surface area contributed by atoms with Crippen molar-refractivity contribution in [2.45, 2.75) is 45.8 Å². The average Bonchev–Trinajstić information content (AvgIpc) is 2.60. The van der Waals surface area contributed by atoms with Gasteiger partial charge in [0, 0.05) is 19.6 Å². The topological polar surface area (TPSA) is 70.6 Å². The number of sulfone groups is 1. The van der Waals surface area contributed by atoms with E-state index in [1.54, 1.807) is 0 Å². The lowest BCUT2D eigenvalue weighted by Crippen LogP contribution is -2.38. The molecule has 0 unspecified atom stereocenters. The normalized spacial score (nSPS) is 11.9. The molecule has 0 heterocycles. The summed E-state index contributed by atoms with van der Waals surface area (Å²) in [5.74, 6) is 1.66. The summed E-state index contributed by atoms with van der Waals surface area (Å²) in [6.45, 7) is 8.58. The summed E-state index contributed by atoms with van der Waals surface area (Å²) in [4.78, 5) is 4.60. The lowest BCUT2D eigenvalue weighted by Gasteiger charge is -2.14. The predicted molar refractivity (Wildman–Crippen MR) is 122 cm³/mol. The Morgan fingerprint density at radius 3 is 2.31 bits per heavy atom. The van der Waals surface area contributed by atoms with E-state index >= 15 is 0 Å². The first kappa shape index (κ1) is 25.2. The molecule has 0 saturated carbocycles. The molecule has 0 bridgehead atoms. The number of rotatable bonds is 11. The van der Waals surface area contributed by atoms with Crippen LogP contribution in [0.2, 0.25) is 0 Å². The second kappa shape index (κ2) is 14.3. The molecule has 0 atom stereocenters. The molecule has 0 fully saturated rings. The summed E-state index contributed by atoms with van der Waals surface area (Å²) >= 11 is 0. The molecule has 26 heavy (non-hydrogen) atoms.